The molecule has 0 saturated heterocycles. The van der Waals surface area contributed by atoms with Crippen molar-refractivity contribution in [1.29, 1.82) is 0 Å². The first kappa shape index (κ1) is 22.5. The fourth-order valence-corrected chi connectivity index (χ4v) is 3.39. The molecule has 0 aliphatic rings. The third-order valence-electron chi connectivity index (χ3n) is 4.65. The van der Waals surface area contributed by atoms with Gasteiger partial charge in [-0.05, 0) is 70.1 Å². The Labute approximate surface area is 177 Å². The maximum absolute atomic E-state index is 10.5. The fraction of sp³-hybridized carbons (Fsp3) is 0.375. The van der Waals surface area contributed by atoms with Crippen molar-refractivity contribution in [3.05, 3.63) is 75.9 Å². The summed E-state index contributed by atoms with van der Waals surface area (Å²) in [4.78, 5) is 4.52. The highest BCUT2D eigenvalue weighted by atomic mass is 79.9. The lowest BCUT2D eigenvalue weighted by molar-refractivity contribution is 0.165. The van der Waals surface area contributed by atoms with Crippen LogP contribution in [-0.4, -0.2) is 23.7 Å². The SMILES string of the molecule is CNCCCCCC(O)c1cc(C)nc2ccccc12.Cc1ccc(Br)cc1. The lowest BCUT2D eigenvalue weighted by atomic mass is 9.98. The van der Waals surface area contributed by atoms with Crippen LogP contribution in [0.3, 0.4) is 0 Å². The number of fused-ring (bicyclic) bond motifs is 1. The second kappa shape index (κ2) is 11.9. The number of nitrogens with one attached hydrogen (secondary N) is 1. The third-order valence-corrected chi connectivity index (χ3v) is 5.18. The van der Waals surface area contributed by atoms with Gasteiger partial charge >= 0.3 is 0 Å². The molecule has 150 valence electrons. The van der Waals surface area contributed by atoms with Crippen molar-refractivity contribution in [1.82, 2.24) is 10.3 Å². The van der Waals surface area contributed by atoms with Crippen molar-refractivity contribution in [3.8, 4) is 0 Å². The predicted octanol–water partition coefficient (Wildman–Crippen LogP) is 6.11. The molecule has 0 bridgehead atoms. The molecule has 28 heavy (non-hydrogen) atoms. The molecule has 1 aromatic heterocycles. The quantitative estimate of drug-likeness (QED) is 0.433. The van der Waals surface area contributed by atoms with Crippen LogP contribution in [0.15, 0.2) is 59.1 Å². The monoisotopic (exact) mass is 442 g/mol. The average Bonchev–Trinajstić information content (AvgIpc) is 2.69. The number of aliphatic hydroxyl groups is 1. The number of pyridine rings is 1. The van der Waals surface area contributed by atoms with E-state index in [2.05, 4.69) is 45.3 Å². The Bertz CT molecular complexity index is 828. The number of nitrogens with zero attached hydrogens (tertiary/aromatic N) is 1. The molecule has 4 heteroatoms. The molecule has 0 aliphatic carbocycles. The van der Waals surface area contributed by atoms with E-state index in [1.54, 1.807) is 0 Å². The second-order valence-corrected chi connectivity index (χ2v) is 8.05. The van der Waals surface area contributed by atoms with E-state index in [0.29, 0.717) is 0 Å². The number of rotatable bonds is 7. The summed E-state index contributed by atoms with van der Waals surface area (Å²) in [5.74, 6) is 0. The maximum atomic E-state index is 10.5. The van der Waals surface area contributed by atoms with E-state index < -0.39 is 6.10 Å². The molecule has 1 unspecified atom stereocenters. The molecule has 0 radical (unpaired) electrons. The summed E-state index contributed by atoms with van der Waals surface area (Å²) in [6, 6.07) is 18.3. The summed E-state index contributed by atoms with van der Waals surface area (Å²) in [6.45, 7) is 5.11. The van der Waals surface area contributed by atoms with Crippen LogP contribution in [0.25, 0.3) is 10.9 Å². The highest BCUT2D eigenvalue weighted by Gasteiger charge is 2.12. The van der Waals surface area contributed by atoms with Gasteiger partial charge in [0.05, 0.1) is 11.6 Å². The standard InChI is InChI=1S/C17H24N2O.C7H7Br/c1-13-12-15(14-8-5-6-9-16(14)19-13)17(20)10-4-3-7-11-18-2;1-6-2-4-7(8)5-3-6/h5-6,8-9,12,17-18,20H,3-4,7,10-11H2,1-2H3;2-5H,1H3. The first-order chi connectivity index (χ1) is 13.5. The van der Waals surface area contributed by atoms with Crippen LogP contribution in [0.5, 0.6) is 0 Å². The Balaban J connectivity index is 0.000000292. The Morgan fingerprint density at radius 2 is 1.71 bits per heavy atom. The molecule has 0 spiro atoms. The first-order valence-corrected chi connectivity index (χ1v) is 10.7. The van der Waals surface area contributed by atoms with Crippen molar-refractivity contribution in [3.63, 3.8) is 0 Å². The Kier molecular flexibility index (Phi) is 9.62. The number of unbranched alkanes of at least 4 members (excludes halogenated alkanes) is 2. The van der Waals surface area contributed by atoms with Gasteiger partial charge in [-0.2, -0.15) is 0 Å². The van der Waals surface area contributed by atoms with Crippen LogP contribution < -0.4 is 5.32 Å². The van der Waals surface area contributed by atoms with Gasteiger partial charge in [-0.15, -0.1) is 0 Å². The van der Waals surface area contributed by atoms with Gasteiger partial charge in [0.2, 0.25) is 0 Å². The molecular weight excluding hydrogens is 412 g/mol. The van der Waals surface area contributed by atoms with Crippen molar-refractivity contribution in [2.45, 2.75) is 45.6 Å². The minimum Gasteiger partial charge on any atom is -0.388 e. The van der Waals surface area contributed by atoms with E-state index >= 15 is 0 Å². The zero-order valence-electron chi connectivity index (χ0n) is 17.1. The number of halogens is 1. The minimum absolute atomic E-state index is 0.392. The van der Waals surface area contributed by atoms with Gasteiger partial charge in [-0.25, -0.2) is 0 Å². The summed E-state index contributed by atoms with van der Waals surface area (Å²) in [6.07, 6.45) is 3.80. The van der Waals surface area contributed by atoms with Crippen molar-refractivity contribution in [2.24, 2.45) is 0 Å². The van der Waals surface area contributed by atoms with Crippen LogP contribution in [0.1, 0.15) is 48.6 Å². The predicted molar refractivity (Wildman–Crippen MR) is 123 cm³/mol. The van der Waals surface area contributed by atoms with Crippen molar-refractivity contribution < 1.29 is 5.11 Å². The maximum Gasteiger partial charge on any atom is 0.0797 e. The van der Waals surface area contributed by atoms with Crippen molar-refractivity contribution >= 4 is 26.8 Å². The van der Waals surface area contributed by atoms with Crippen LogP contribution in [0, 0.1) is 13.8 Å². The summed E-state index contributed by atoms with van der Waals surface area (Å²) >= 11 is 3.35. The zero-order valence-corrected chi connectivity index (χ0v) is 18.7. The van der Waals surface area contributed by atoms with E-state index in [1.807, 2.05) is 56.4 Å². The highest BCUT2D eigenvalue weighted by Crippen LogP contribution is 2.27. The molecule has 2 aromatic carbocycles. The molecule has 0 amide bonds. The molecule has 3 rings (SSSR count). The van der Waals surface area contributed by atoms with Gasteiger partial charge < -0.3 is 10.4 Å². The highest BCUT2D eigenvalue weighted by molar-refractivity contribution is 9.10. The molecule has 0 aliphatic heterocycles. The summed E-state index contributed by atoms with van der Waals surface area (Å²) in [7, 11) is 1.97. The number of para-hydroxylation sites is 1. The Morgan fingerprint density at radius 1 is 1.00 bits per heavy atom. The molecule has 1 heterocycles. The number of benzene rings is 2. The molecule has 1 atom stereocenters. The number of hydrogen-bond donors (Lipinski definition) is 2. The van der Waals surface area contributed by atoms with Gasteiger partial charge in [0, 0.05) is 15.6 Å². The largest absolute Gasteiger partial charge is 0.388 e. The fourth-order valence-electron chi connectivity index (χ4n) is 3.12. The van der Waals surface area contributed by atoms with Crippen molar-refractivity contribution in [2.75, 3.05) is 13.6 Å². The second-order valence-electron chi connectivity index (χ2n) is 7.13. The van der Waals surface area contributed by atoms with E-state index in [1.165, 1.54) is 12.0 Å². The molecule has 3 nitrogen and oxygen atoms in total. The number of aryl methyl sites for hydroxylation is 2. The van der Waals surface area contributed by atoms with Crippen LogP contribution in [0.4, 0.5) is 0 Å². The minimum atomic E-state index is -0.392. The molecule has 3 aromatic rings. The average molecular weight is 443 g/mol. The van der Waals surface area contributed by atoms with Gasteiger partial charge in [0.15, 0.2) is 0 Å². The number of hydrogen-bond acceptors (Lipinski definition) is 3. The van der Waals surface area contributed by atoms with E-state index in [0.717, 1.165) is 52.4 Å². The number of aliphatic hydroxyl groups excluding tert-OH is 1. The topological polar surface area (TPSA) is 45.1 Å². The molecular formula is C24H31BrN2O. The Hall–Kier alpha value is -1.75. The van der Waals surface area contributed by atoms with E-state index in [-0.39, 0.29) is 0 Å². The van der Waals surface area contributed by atoms with Gasteiger partial charge in [-0.1, -0.05) is 64.7 Å². The zero-order chi connectivity index (χ0) is 20.4. The third kappa shape index (κ3) is 7.34. The van der Waals surface area contributed by atoms with Gasteiger partial charge in [0.25, 0.3) is 0 Å². The van der Waals surface area contributed by atoms with Gasteiger partial charge in [0.1, 0.15) is 0 Å². The summed E-state index contributed by atoms with van der Waals surface area (Å²) in [5, 5.41) is 14.7. The first-order valence-electron chi connectivity index (χ1n) is 9.92. The summed E-state index contributed by atoms with van der Waals surface area (Å²) < 4.78 is 1.14. The van der Waals surface area contributed by atoms with E-state index in [4.69, 9.17) is 0 Å². The lowest BCUT2D eigenvalue weighted by Gasteiger charge is -2.14. The van der Waals surface area contributed by atoms with Crippen LogP contribution >= 0.6 is 15.9 Å². The van der Waals surface area contributed by atoms with E-state index in [9.17, 15) is 5.11 Å². The van der Waals surface area contributed by atoms with Gasteiger partial charge in [-0.3, -0.25) is 4.98 Å². The lowest BCUT2D eigenvalue weighted by Crippen LogP contribution is -2.07. The summed E-state index contributed by atoms with van der Waals surface area (Å²) in [5.41, 5.74) is 4.25. The molecule has 2 N–H and O–H groups in total. The Morgan fingerprint density at radius 3 is 2.39 bits per heavy atom. The normalized spacial score (nSPS) is 11.8. The van der Waals surface area contributed by atoms with Crippen LogP contribution in [-0.2, 0) is 0 Å². The molecule has 0 fully saturated rings. The molecule has 0 saturated carbocycles. The smallest absolute Gasteiger partial charge is 0.0797 e. The van der Waals surface area contributed by atoms with Crippen LogP contribution in [0.2, 0.25) is 0 Å². The number of aromatic nitrogens is 1.